The van der Waals surface area contributed by atoms with E-state index in [1.165, 1.54) is 11.1 Å². The standard InChI is InChI=1S/C12H14O/c1-2-5-10-8-9-13-12-7-4-3-6-11(10)12/h3-7H,2,8-9H2,1H3/b10-5-. The van der Waals surface area contributed by atoms with E-state index in [1.54, 1.807) is 0 Å². The highest BCUT2D eigenvalue weighted by Gasteiger charge is 2.12. The topological polar surface area (TPSA) is 9.23 Å². The van der Waals surface area contributed by atoms with E-state index in [0.29, 0.717) is 0 Å². The molecule has 0 N–H and O–H groups in total. The zero-order chi connectivity index (χ0) is 9.10. The molecular weight excluding hydrogens is 160 g/mol. The number of allylic oxidation sites excluding steroid dienone is 1. The molecule has 68 valence electrons. The van der Waals surface area contributed by atoms with Crippen LogP contribution in [0.15, 0.2) is 30.3 Å². The predicted octanol–water partition coefficient (Wildman–Crippen LogP) is 3.26. The van der Waals surface area contributed by atoms with Crippen molar-refractivity contribution in [1.29, 1.82) is 0 Å². The third-order valence-electron chi connectivity index (χ3n) is 2.31. The maximum Gasteiger partial charge on any atom is 0.126 e. The van der Waals surface area contributed by atoms with Crippen molar-refractivity contribution in [3.05, 3.63) is 35.9 Å². The van der Waals surface area contributed by atoms with Gasteiger partial charge < -0.3 is 4.74 Å². The highest BCUT2D eigenvalue weighted by atomic mass is 16.5. The van der Waals surface area contributed by atoms with E-state index in [-0.39, 0.29) is 0 Å². The molecule has 1 heteroatoms. The summed E-state index contributed by atoms with van der Waals surface area (Å²) >= 11 is 0. The van der Waals surface area contributed by atoms with Crippen LogP contribution < -0.4 is 4.74 Å². The molecule has 0 bridgehead atoms. The molecule has 0 radical (unpaired) electrons. The van der Waals surface area contributed by atoms with E-state index in [1.807, 2.05) is 12.1 Å². The van der Waals surface area contributed by atoms with Gasteiger partial charge in [0.2, 0.25) is 0 Å². The Labute approximate surface area is 79.0 Å². The quantitative estimate of drug-likeness (QED) is 0.635. The molecule has 0 fully saturated rings. The summed E-state index contributed by atoms with van der Waals surface area (Å²) in [5, 5.41) is 0. The van der Waals surface area contributed by atoms with Crippen LogP contribution in [0.4, 0.5) is 0 Å². The summed E-state index contributed by atoms with van der Waals surface area (Å²) in [4.78, 5) is 0. The Morgan fingerprint density at radius 1 is 1.38 bits per heavy atom. The first-order chi connectivity index (χ1) is 6.42. The average Bonchev–Trinajstić information content (AvgIpc) is 2.19. The van der Waals surface area contributed by atoms with Crippen molar-refractivity contribution >= 4 is 5.57 Å². The van der Waals surface area contributed by atoms with Crippen molar-refractivity contribution in [3.8, 4) is 5.75 Å². The third-order valence-corrected chi connectivity index (χ3v) is 2.31. The predicted molar refractivity (Wildman–Crippen MR) is 54.8 cm³/mol. The minimum atomic E-state index is 0.822. The molecule has 1 aromatic carbocycles. The minimum Gasteiger partial charge on any atom is -0.493 e. The van der Waals surface area contributed by atoms with Crippen molar-refractivity contribution in [2.24, 2.45) is 0 Å². The lowest BCUT2D eigenvalue weighted by molar-refractivity contribution is 0.316. The number of para-hydroxylation sites is 1. The van der Waals surface area contributed by atoms with E-state index in [0.717, 1.165) is 25.2 Å². The number of fused-ring (bicyclic) bond motifs is 1. The van der Waals surface area contributed by atoms with Crippen LogP contribution in [-0.2, 0) is 0 Å². The monoisotopic (exact) mass is 174 g/mol. The van der Waals surface area contributed by atoms with Gasteiger partial charge in [0.05, 0.1) is 6.61 Å². The first-order valence-corrected chi connectivity index (χ1v) is 4.83. The van der Waals surface area contributed by atoms with Crippen LogP contribution in [0.25, 0.3) is 5.57 Å². The number of benzene rings is 1. The van der Waals surface area contributed by atoms with Crippen molar-refractivity contribution in [2.45, 2.75) is 19.8 Å². The highest BCUT2D eigenvalue weighted by molar-refractivity contribution is 5.71. The Morgan fingerprint density at radius 2 is 2.23 bits per heavy atom. The lowest BCUT2D eigenvalue weighted by Crippen LogP contribution is -2.07. The van der Waals surface area contributed by atoms with Crippen LogP contribution in [0.5, 0.6) is 5.75 Å². The SMILES string of the molecule is CC/C=C1/CCOc2ccccc21. The van der Waals surface area contributed by atoms with Crippen LogP contribution in [-0.4, -0.2) is 6.61 Å². The molecular formula is C12H14O. The molecule has 1 aliphatic heterocycles. The Kier molecular flexibility index (Phi) is 2.35. The molecule has 13 heavy (non-hydrogen) atoms. The fourth-order valence-electron chi connectivity index (χ4n) is 1.72. The van der Waals surface area contributed by atoms with Crippen molar-refractivity contribution in [1.82, 2.24) is 0 Å². The zero-order valence-corrected chi connectivity index (χ0v) is 7.92. The van der Waals surface area contributed by atoms with Crippen LogP contribution in [0, 0.1) is 0 Å². The summed E-state index contributed by atoms with van der Waals surface area (Å²) in [7, 11) is 0. The van der Waals surface area contributed by atoms with E-state index < -0.39 is 0 Å². The van der Waals surface area contributed by atoms with Crippen molar-refractivity contribution in [3.63, 3.8) is 0 Å². The molecule has 0 unspecified atom stereocenters. The van der Waals surface area contributed by atoms with Gasteiger partial charge in [-0.1, -0.05) is 31.2 Å². The second-order valence-electron chi connectivity index (χ2n) is 3.23. The maximum atomic E-state index is 5.56. The number of ether oxygens (including phenoxy) is 1. The second-order valence-corrected chi connectivity index (χ2v) is 3.23. The largest absolute Gasteiger partial charge is 0.493 e. The van der Waals surface area contributed by atoms with Crippen LogP contribution >= 0.6 is 0 Å². The Morgan fingerprint density at radius 3 is 3.08 bits per heavy atom. The molecule has 0 spiro atoms. The summed E-state index contributed by atoms with van der Waals surface area (Å²) in [5.74, 6) is 1.04. The van der Waals surface area contributed by atoms with E-state index in [9.17, 15) is 0 Å². The molecule has 1 heterocycles. The highest BCUT2D eigenvalue weighted by Crippen LogP contribution is 2.32. The summed E-state index contributed by atoms with van der Waals surface area (Å²) < 4.78 is 5.56. The van der Waals surface area contributed by atoms with E-state index >= 15 is 0 Å². The summed E-state index contributed by atoms with van der Waals surface area (Å²) in [6, 6.07) is 8.26. The van der Waals surface area contributed by atoms with Crippen LogP contribution in [0.2, 0.25) is 0 Å². The molecule has 1 aliphatic rings. The molecule has 0 amide bonds. The number of rotatable bonds is 1. The molecule has 0 atom stereocenters. The van der Waals surface area contributed by atoms with Gasteiger partial charge in [0.25, 0.3) is 0 Å². The maximum absolute atomic E-state index is 5.56. The normalized spacial score (nSPS) is 18.1. The zero-order valence-electron chi connectivity index (χ0n) is 7.92. The second kappa shape index (κ2) is 3.65. The van der Waals surface area contributed by atoms with Crippen molar-refractivity contribution < 1.29 is 4.74 Å². The van der Waals surface area contributed by atoms with Crippen molar-refractivity contribution in [2.75, 3.05) is 6.61 Å². The minimum absolute atomic E-state index is 0.822. The molecule has 0 saturated carbocycles. The van der Waals surface area contributed by atoms with Gasteiger partial charge in [0.1, 0.15) is 5.75 Å². The van der Waals surface area contributed by atoms with Gasteiger partial charge in [-0.3, -0.25) is 0 Å². The fourth-order valence-corrected chi connectivity index (χ4v) is 1.72. The summed E-state index contributed by atoms with van der Waals surface area (Å²) in [6.07, 6.45) is 4.44. The summed E-state index contributed by atoms with van der Waals surface area (Å²) in [5.41, 5.74) is 2.71. The Hall–Kier alpha value is -1.24. The lowest BCUT2D eigenvalue weighted by Gasteiger charge is -2.19. The average molecular weight is 174 g/mol. The number of hydrogen-bond donors (Lipinski definition) is 0. The number of hydrogen-bond acceptors (Lipinski definition) is 1. The van der Waals surface area contributed by atoms with Gasteiger partial charge in [-0.05, 0) is 18.1 Å². The molecule has 0 aromatic heterocycles. The Bertz CT molecular complexity index is 326. The lowest BCUT2D eigenvalue weighted by atomic mass is 9.99. The van der Waals surface area contributed by atoms with Gasteiger partial charge >= 0.3 is 0 Å². The van der Waals surface area contributed by atoms with Gasteiger partial charge in [0, 0.05) is 12.0 Å². The van der Waals surface area contributed by atoms with Gasteiger partial charge in [-0.2, -0.15) is 0 Å². The van der Waals surface area contributed by atoms with Crippen LogP contribution in [0.1, 0.15) is 25.3 Å². The third kappa shape index (κ3) is 1.59. The molecule has 0 aliphatic carbocycles. The first-order valence-electron chi connectivity index (χ1n) is 4.83. The molecule has 2 rings (SSSR count). The van der Waals surface area contributed by atoms with Crippen LogP contribution in [0.3, 0.4) is 0 Å². The van der Waals surface area contributed by atoms with E-state index in [2.05, 4.69) is 25.1 Å². The molecule has 1 aromatic rings. The van der Waals surface area contributed by atoms with Gasteiger partial charge in [-0.15, -0.1) is 0 Å². The first kappa shape index (κ1) is 8.36. The Balaban J connectivity index is 2.42. The summed E-state index contributed by atoms with van der Waals surface area (Å²) in [6.45, 7) is 2.99. The van der Waals surface area contributed by atoms with Gasteiger partial charge in [-0.25, -0.2) is 0 Å². The fraction of sp³-hybridized carbons (Fsp3) is 0.333. The van der Waals surface area contributed by atoms with E-state index in [4.69, 9.17) is 4.74 Å². The smallest absolute Gasteiger partial charge is 0.126 e. The van der Waals surface area contributed by atoms with Gasteiger partial charge in [0.15, 0.2) is 0 Å². The molecule has 0 saturated heterocycles. The molecule has 1 nitrogen and oxygen atoms in total.